The number of aryl methyl sites for hydroxylation is 1. The Labute approximate surface area is 150 Å². The van der Waals surface area contributed by atoms with Crippen molar-refractivity contribution >= 4 is 28.5 Å². The molecule has 0 saturated heterocycles. The molecule has 1 heterocycles. The van der Waals surface area contributed by atoms with E-state index in [1.165, 1.54) is 12.1 Å². The maximum absolute atomic E-state index is 12.4. The molecule has 136 valence electrons. The molecule has 4 nitrogen and oxygen atoms in total. The van der Waals surface area contributed by atoms with Crippen molar-refractivity contribution in [2.45, 2.75) is 19.2 Å². The average Bonchev–Trinajstić information content (AvgIpc) is 2.95. The largest absolute Gasteiger partial charge is 0.573 e. The van der Waals surface area contributed by atoms with Gasteiger partial charge in [-0.2, -0.15) is 0 Å². The number of furan rings is 1. The molecule has 0 radical (unpaired) electrons. The van der Waals surface area contributed by atoms with Crippen LogP contribution in [0.1, 0.15) is 12.2 Å². The molecule has 3 rings (SSSR count). The van der Waals surface area contributed by atoms with Crippen LogP contribution in [0.5, 0.6) is 5.75 Å². The third-order valence-electron chi connectivity index (χ3n) is 3.64. The molecule has 0 aliphatic rings. The smallest absolute Gasteiger partial charge is 0.481 e. The zero-order chi connectivity index (χ0) is 18.9. The Morgan fingerprint density at radius 2 is 1.92 bits per heavy atom. The molecule has 0 fully saturated rings. The molecular formula is C18H12ClF3O4. The number of benzene rings is 2. The number of fused-ring (bicyclic) bond motifs is 1. The van der Waals surface area contributed by atoms with E-state index in [9.17, 15) is 18.0 Å². The highest BCUT2D eigenvalue weighted by atomic mass is 35.5. The number of carbonyl (C=O) groups is 1. The van der Waals surface area contributed by atoms with E-state index in [2.05, 4.69) is 4.74 Å². The van der Waals surface area contributed by atoms with E-state index in [0.717, 1.165) is 6.07 Å². The van der Waals surface area contributed by atoms with E-state index in [1.807, 2.05) is 0 Å². The zero-order valence-corrected chi connectivity index (χ0v) is 13.9. The summed E-state index contributed by atoms with van der Waals surface area (Å²) in [6.45, 7) is 0. The summed E-state index contributed by atoms with van der Waals surface area (Å²) in [5.74, 6) is -0.787. The predicted molar refractivity (Wildman–Crippen MR) is 89.3 cm³/mol. The highest BCUT2D eigenvalue weighted by molar-refractivity contribution is 6.33. The van der Waals surface area contributed by atoms with Crippen LogP contribution in [-0.2, 0) is 11.2 Å². The highest BCUT2D eigenvalue weighted by Gasteiger charge is 2.31. The Kier molecular flexibility index (Phi) is 4.82. The van der Waals surface area contributed by atoms with E-state index in [-0.39, 0.29) is 23.6 Å². The normalized spacial score (nSPS) is 11.7. The molecule has 0 atom stereocenters. The Balaban J connectivity index is 1.94. The van der Waals surface area contributed by atoms with Crippen LogP contribution in [-0.4, -0.2) is 17.4 Å². The van der Waals surface area contributed by atoms with Gasteiger partial charge in [0.25, 0.3) is 0 Å². The van der Waals surface area contributed by atoms with E-state index in [1.54, 1.807) is 24.3 Å². The van der Waals surface area contributed by atoms with Gasteiger partial charge >= 0.3 is 12.3 Å². The Hall–Kier alpha value is -2.67. The molecule has 0 aliphatic heterocycles. The fourth-order valence-corrected chi connectivity index (χ4v) is 2.77. The summed E-state index contributed by atoms with van der Waals surface area (Å²) < 4.78 is 46.7. The van der Waals surface area contributed by atoms with E-state index < -0.39 is 12.3 Å². The molecule has 3 aromatic rings. The monoisotopic (exact) mass is 384 g/mol. The van der Waals surface area contributed by atoms with Gasteiger partial charge in [-0.1, -0.05) is 17.7 Å². The second-order valence-corrected chi connectivity index (χ2v) is 5.96. The lowest BCUT2D eigenvalue weighted by Gasteiger charge is -2.11. The molecule has 26 heavy (non-hydrogen) atoms. The lowest BCUT2D eigenvalue weighted by atomic mass is 10.0. The molecule has 8 heteroatoms. The summed E-state index contributed by atoms with van der Waals surface area (Å²) in [6.07, 6.45) is -4.61. The summed E-state index contributed by atoms with van der Waals surface area (Å²) >= 11 is 6.12. The number of alkyl halides is 3. The predicted octanol–water partition coefficient (Wildman–Crippen LogP) is 5.67. The molecular weight excluding hydrogens is 373 g/mol. The summed E-state index contributed by atoms with van der Waals surface area (Å²) in [4.78, 5) is 10.6. The molecule has 0 amide bonds. The molecule has 0 unspecified atom stereocenters. The first-order valence-corrected chi connectivity index (χ1v) is 7.89. The van der Waals surface area contributed by atoms with Crippen LogP contribution in [0.3, 0.4) is 0 Å². The number of halogens is 4. The van der Waals surface area contributed by atoms with Crippen molar-refractivity contribution in [2.24, 2.45) is 0 Å². The SMILES string of the molecule is O=C(O)CCc1cc2cc(-c3cc(OC(F)(F)F)ccc3Cl)ccc2o1. The fraction of sp³-hybridized carbons (Fsp3) is 0.167. The number of hydrogen-bond donors (Lipinski definition) is 1. The number of aliphatic carboxylic acids is 1. The topological polar surface area (TPSA) is 59.7 Å². The van der Waals surface area contributed by atoms with Crippen LogP contribution in [0.4, 0.5) is 13.2 Å². The van der Waals surface area contributed by atoms with Gasteiger partial charge in [-0.15, -0.1) is 13.2 Å². The molecule has 1 aromatic heterocycles. The maximum atomic E-state index is 12.4. The van der Waals surface area contributed by atoms with Gasteiger partial charge < -0.3 is 14.3 Å². The summed E-state index contributed by atoms with van der Waals surface area (Å²) in [5.41, 5.74) is 1.51. The first-order valence-electron chi connectivity index (χ1n) is 7.51. The number of rotatable bonds is 5. The third-order valence-corrected chi connectivity index (χ3v) is 3.96. The van der Waals surface area contributed by atoms with Crippen LogP contribution in [0.15, 0.2) is 46.9 Å². The van der Waals surface area contributed by atoms with Crippen LogP contribution in [0.2, 0.25) is 5.02 Å². The van der Waals surface area contributed by atoms with Gasteiger partial charge in [-0.3, -0.25) is 4.79 Å². The number of carboxylic acid groups (broad SMARTS) is 1. The van der Waals surface area contributed by atoms with Gasteiger partial charge in [-0.05, 0) is 42.0 Å². The summed E-state index contributed by atoms with van der Waals surface area (Å²) in [5, 5.41) is 9.70. The number of hydrogen-bond acceptors (Lipinski definition) is 3. The van der Waals surface area contributed by atoms with Crippen LogP contribution in [0.25, 0.3) is 22.1 Å². The second kappa shape index (κ2) is 6.92. The second-order valence-electron chi connectivity index (χ2n) is 5.55. The first-order chi connectivity index (χ1) is 12.2. The van der Waals surface area contributed by atoms with Crippen molar-refractivity contribution in [1.29, 1.82) is 0 Å². The minimum Gasteiger partial charge on any atom is -0.481 e. The molecule has 1 N–H and O–H groups in total. The van der Waals surface area contributed by atoms with Gasteiger partial charge in [0.1, 0.15) is 17.1 Å². The van der Waals surface area contributed by atoms with Gasteiger partial charge in [0, 0.05) is 22.4 Å². The van der Waals surface area contributed by atoms with Crippen LogP contribution < -0.4 is 4.74 Å². The highest BCUT2D eigenvalue weighted by Crippen LogP contribution is 2.35. The molecule has 0 aliphatic carbocycles. The number of ether oxygens (including phenoxy) is 1. The van der Waals surface area contributed by atoms with E-state index >= 15 is 0 Å². The van der Waals surface area contributed by atoms with E-state index in [0.29, 0.717) is 27.9 Å². The van der Waals surface area contributed by atoms with Gasteiger partial charge in [0.15, 0.2) is 0 Å². The van der Waals surface area contributed by atoms with Crippen LogP contribution in [0, 0.1) is 0 Å². The lowest BCUT2D eigenvalue weighted by Crippen LogP contribution is -2.17. The van der Waals surface area contributed by atoms with Crippen LogP contribution >= 0.6 is 11.6 Å². The van der Waals surface area contributed by atoms with Crippen molar-refractivity contribution in [2.75, 3.05) is 0 Å². The Morgan fingerprint density at radius 3 is 2.62 bits per heavy atom. The molecule has 2 aromatic carbocycles. The molecule has 0 spiro atoms. The van der Waals surface area contributed by atoms with Gasteiger partial charge in [-0.25, -0.2) is 0 Å². The first kappa shape index (κ1) is 18.1. The summed E-state index contributed by atoms with van der Waals surface area (Å²) in [7, 11) is 0. The van der Waals surface area contributed by atoms with Crippen molar-refractivity contribution in [3.8, 4) is 16.9 Å². The minimum atomic E-state index is -4.79. The van der Waals surface area contributed by atoms with Crippen molar-refractivity contribution in [3.63, 3.8) is 0 Å². The molecule has 0 bridgehead atoms. The van der Waals surface area contributed by atoms with Gasteiger partial charge in [0.2, 0.25) is 0 Å². The maximum Gasteiger partial charge on any atom is 0.573 e. The number of carboxylic acids is 1. The summed E-state index contributed by atoms with van der Waals surface area (Å²) in [6, 6.07) is 10.4. The third kappa shape index (κ3) is 4.29. The lowest BCUT2D eigenvalue weighted by molar-refractivity contribution is -0.274. The standard InChI is InChI=1S/C18H12ClF3O4/c19-15-4-2-13(26-18(20,21)22)9-14(15)10-1-5-16-11(7-10)8-12(25-16)3-6-17(23)24/h1-2,4-5,7-9H,3,6H2,(H,23,24). The van der Waals surface area contributed by atoms with Gasteiger partial charge in [0.05, 0.1) is 6.42 Å². The van der Waals surface area contributed by atoms with E-state index in [4.69, 9.17) is 21.1 Å². The van der Waals surface area contributed by atoms with Crippen molar-refractivity contribution in [1.82, 2.24) is 0 Å². The Bertz CT molecular complexity index is 963. The quantitative estimate of drug-likeness (QED) is 0.615. The molecule has 0 saturated carbocycles. The minimum absolute atomic E-state index is 0.0602. The van der Waals surface area contributed by atoms with Crippen molar-refractivity contribution < 1.29 is 32.2 Å². The fourth-order valence-electron chi connectivity index (χ4n) is 2.54. The van der Waals surface area contributed by atoms with Crippen molar-refractivity contribution in [3.05, 3.63) is 53.2 Å². The Morgan fingerprint density at radius 1 is 1.15 bits per heavy atom. The average molecular weight is 385 g/mol. The zero-order valence-electron chi connectivity index (χ0n) is 13.1.